The number of carbonyl (C=O) groups excluding carboxylic acids is 1. The van der Waals surface area contributed by atoms with Crippen molar-refractivity contribution in [2.75, 3.05) is 6.61 Å². The first-order valence-corrected chi connectivity index (χ1v) is 11.1. The number of carbonyl (C=O) groups is 1. The summed E-state index contributed by atoms with van der Waals surface area (Å²) >= 11 is 6.76. The molecule has 1 heterocycles. The highest BCUT2D eigenvalue weighted by molar-refractivity contribution is 9.10. The molecule has 0 bridgehead atoms. The van der Waals surface area contributed by atoms with Crippen molar-refractivity contribution in [1.29, 1.82) is 5.26 Å². The summed E-state index contributed by atoms with van der Waals surface area (Å²) in [5.74, 6) is 0.342. The van der Waals surface area contributed by atoms with Crippen LogP contribution in [0.2, 0.25) is 0 Å². The van der Waals surface area contributed by atoms with E-state index in [9.17, 15) is 10.1 Å². The van der Waals surface area contributed by atoms with Crippen molar-refractivity contribution in [1.82, 2.24) is 0 Å². The summed E-state index contributed by atoms with van der Waals surface area (Å²) in [6.07, 6.45) is 0. The van der Waals surface area contributed by atoms with Gasteiger partial charge in [-0.2, -0.15) is 5.26 Å². The number of nitriles is 1. The van der Waals surface area contributed by atoms with Gasteiger partial charge in [-0.15, -0.1) is 0 Å². The Morgan fingerprint density at radius 2 is 1.62 bits per heavy atom. The predicted octanol–water partition coefficient (Wildman–Crippen LogP) is 5.41. The molecule has 0 aromatic heterocycles. The maximum atomic E-state index is 12.2. The summed E-state index contributed by atoms with van der Waals surface area (Å²) in [4.78, 5) is 12.2. The minimum atomic E-state index is -0.561. The average Bonchev–Trinajstić information content (AvgIpc) is 2.78. The Balaban J connectivity index is 1.53. The van der Waals surface area contributed by atoms with Crippen molar-refractivity contribution < 1.29 is 19.0 Å². The molecule has 0 amide bonds. The molecule has 6 nitrogen and oxygen atoms in total. The number of nitrogens with two attached hydrogens (primary N) is 1. The van der Waals surface area contributed by atoms with Gasteiger partial charge in [0.15, 0.2) is 6.61 Å². The largest absolute Gasteiger partial charge is 0.482 e. The van der Waals surface area contributed by atoms with Crippen LogP contribution in [0.4, 0.5) is 0 Å². The number of fused-ring (bicyclic) bond motifs is 1. The minimum absolute atomic E-state index is 0.0231. The van der Waals surface area contributed by atoms with Gasteiger partial charge in [0.2, 0.25) is 5.88 Å². The fourth-order valence-electron chi connectivity index (χ4n) is 3.33. The zero-order chi connectivity index (χ0) is 22.7. The van der Waals surface area contributed by atoms with Gasteiger partial charge in [-0.05, 0) is 48.0 Å². The van der Waals surface area contributed by atoms with Crippen LogP contribution < -0.4 is 19.9 Å². The van der Waals surface area contributed by atoms with Crippen molar-refractivity contribution >= 4 is 37.8 Å². The van der Waals surface area contributed by atoms with Gasteiger partial charge < -0.3 is 19.9 Å². The predicted molar refractivity (Wildman–Crippen MR) is 125 cm³/mol. The molecule has 160 valence electrons. The Labute approximate surface area is 201 Å². The van der Waals surface area contributed by atoms with Crippen LogP contribution in [0.15, 0.2) is 87.1 Å². The highest BCUT2D eigenvalue weighted by Gasteiger charge is 2.31. The molecule has 1 unspecified atom stereocenters. The summed E-state index contributed by atoms with van der Waals surface area (Å²) in [5, 5.41) is 9.65. The van der Waals surface area contributed by atoms with Crippen molar-refractivity contribution in [3.8, 4) is 23.3 Å². The maximum absolute atomic E-state index is 12.2. The number of ether oxygens (including phenoxy) is 3. The molecule has 0 aliphatic carbocycles. The molecule has 0 saturated heterocycles. The van der Waals surface area contributed by atoms with Gasteiger partial charge in [-0.25, -0.2) is 4.79 Å². The van der Waals surface area contributed by atoms with E-state index < -0.39 is 5.97 Å². The third-order valence-corrected chi connectivity index (χ3v) is 5.85. The number of allylic oxidation sites excluding steroid dienone is 1. The van der Waals surface area contributed by atoms with Crippen LogP contribution in [0.3, 0.4) is 0 Å². The molecule has 1 aliphatic rings. The van der Waals surface area contributed by atoms with Crippen molar-refractivity contribution in [3.05, 3.63) is 98.3 Å². The summed E-state index contributed by atoms with van der Waals surface area (Å²) in [7, 11) is 0. The van der Waals surface area contributed by atoms with Gasteiger partial charge in [0.1, 0.15) is 28.9 Å². The van der Waals surface area contributed by atoms with Crippen LogP contribution in [0.5, 0.6) is 17.2 Å². The van der Waals surface area contributed by atoms with Crippen LogP contribution in [0.1, 0.15) is 17.0 Å². The molecular formula is C24H16Br2N2O4. The minimum Gasteiger partial charge on any atom is -0.482 e. The number of rotatable bonds is 5. The molecule has 0 fully saturated rings. The van der Waals surface area contributed by atoms with Crippen LogP contribution in [-0.2, 0) is 4.79 Å². The zero-order valence-corrected chi connectivity index (χ0v) is 19.7. The van der Waals surface area contributed by atoms with Crippen molar-refractivity contribution in [2.45, 2.75) is 5.92 Å². The molecule has 0 radical (unpaired) electrons. The number of benzene rings is 3. The Morgan fingerprint density at radius 1 is 1.00 bits per heavy atom. The summed E-state index contributed by atoms with van der Waals surface area (Å²) in [6, 6.07) is 21.9. The standard InChI is InChI=1S/C24H16Br2N2O4/c25-15-3-1-14(2-4-15)23-19-10-9-18(11-21(19)32-24(28)20(23)12-27)31-22(29)13-30-17-7-5-16(26)6-8-17/h1-11,23H,13,28H2. The first kappa shape index (κ1) is 21.9. The second-order valence-electron chi connectivity index (χ2n) is 6.89. The third-order valence-electron chi connectivity index (χ3n) is 4.80. The second kappa shape index (κ2) is 9.47. The van der Waals surface area contributed by atoms with E-state index in [4.69, 9.17) is 19.9 Å². The van der Waals surface area contributed by atoms with E-state index in [-0.39, 0.29) is 24.2 Å². The maximum Gasteiger partial charge on any atom is 0.349 e. The van der Waals surface area contributed by atoms with E-state index in [0.29, 0.717) is 17.1 Å². The van der Waals surface area contributed by atoms with Crippen LogP contribution in [-0.4, -0.2) is 12.6 Å². The Kier molecular flexibility index (Phi) is 6.49. The Bertz CT molecular complexity index is 1230. The molecule has 4 rings (SSSR count). The van der Waals surface area contributed by atoms with Crippen molar-refractivity contribution in [3.63, 3.8) is 0 Å². The molecule has 3 aromatic rings. The van der Waals surface area contributed by atoms with E-state index in [2.05, 4.69) is 37.9 Å². The molecule has 1 atom stereocenters. The highest BCUT2D eigenvalue weighted by atomic mass is 79.9. The first-order chi connectivity index (χ1) is 15.4. The number of halogens is 2. The van der Waals surface area contributed by atoms with Gasteiger partial charge in [-0.1, -0.05) is 50.1 Å². The van der Waals surface area contributed by atoms with Crippen molar-refractivity contribution in [2.24, 2.45) is 5.73 Å². The molecule has 0 saturated carbocycles. The lowest BCUT2D eigenvalue weighted by molar-refractivity contribution is -0.136. The van der Waals surface area contributed by atoms with E-state index in [1.807, 2.05) is 36.4 Å². The molecule has 3 aromatic carbocycles. The van der Waals surface area contributed by atoms with E-state index in [1.165, 1.54) is 0 Å². The Hall–Kier alpha value is -3.28. The monoisotopic (exact) mass is 554 g/mol. The highest BCUT2D eigenvalue weighted by Crippen LogP contribution is 2.43. The van der Waals surface area contributed by atoms with Gasteiger partial charge >= 0.3 is 5.97 Å². The topological polar surface area (TPSA) is 94.6 Å². The normalized spacial score (nSPS) is 14.7. The number of hydrogen-bond donors (Lipinski definition) is 1. The zero-order valence-electron chi connectivity index (χ0n) is 16.5. The van der Waals surface area contributed by atoms with Crippen LogP contribution in [0, 0.1) is 11.3 Å². The van der Waals surface area contributed by atoms with E-state index >= 15 is 0 Å². The number of nitrogens with zero attached hydrogens (tertiary/aromatic N) is 1. The van der Waals surface area contributed by atoms with Crippen LogP contribution in [0.25, 0.3) is 0 Å². The van der Waals surface area contributed by atoms with Gasteiger partial charge in [0.25, 0.3) is 0 Å². The van der Waals surface area contributed by atoms with E-state index in [1.54, 1.807) is 30.3 Å². The van der Waals surface area contributed by atoms with Gasteiger partial charge in [0, 0.05) is 20.6 Å². The number of esters is 1. The quantitative estimate of drug-likeness (QED) is 0.334. The van der Waals surface area contributed by atoms with Gasteiger partial charge in [-0.3, -0.25) is 0 Å². The molecule has 1 aliphatic heterocycles. The van der Waals surface area contributed by atoms with Crippen LogP contribution >= 0.6 is 31.9 Å². The van der Waals surface area contributed by atoms with E-state index in [0.717, 1.165) is 20.1 Å². The lowest BCUT2D eigenvalue weighted by atomic mass is 9.83. The second-order valence-corrected chi connectivity index (χ2v) is 8.72. The van der Waals surface area contributed by atoms with Gasteiger partial charge in [0.05, 0.1) is 5.92 Å². The molecular weight excluding hydrogens is 540 g/mol. The fourth-order valence-corrected chi connectivity index (χ4v) is 3.86. The molecule has 32 heavy (non-hydrogen) atoms. The SMILES string of the molecule is N#CC1=C(N)Oc2cc(OC(=O)COc3ccc(Br)cc3)ccc2C1c1ccc(Br)cc1. The molecule has 2 N–H and O–H groups in total. The summed E-state index contributed by atoms with van der Waals surface area (Å²) < 4.78 is 18.3. The Morgan fingerprint density at radius 3 is 2.28 bits per heavy atom. The average molecular weight is 556 g/mol. The first-order valence-electron chi connectivity index (χ1n) is 9.50. The molecule has 0 spiro atoms. The smallest absolute Gasteiger partial charge is 0.349 e. The number of hydrogen-bond acceptors (Lipinski definition) is 6. The molecule has 8 heteroatoms. The summed E-state index contributed by atoms with van der Waals surface area (Å²) in [6.45, 7) is -0.248. The third kappa shape index (κ3) is 4.79. The lowest BCUT2D eigenvalue weighted by Crippen LogP contribution is -2.21. The lowest BCUT2D eigenvalue weighted by Gasteiger charge is -2.26. The summed E-state index contributed by atoms with van der Waals surface area (Å²) in [5.41, 5.74) is 8.00. The fraction of sp³-hybridized carbons (Fsp3) is 0.0833.